The second-order valence-corrected chi connectivity index (χ2v) is 18.9. The minimum Gasteiger partial charge on any atom is -0.311 e. The average Bonchev–Trinajstić information content (AvgIpc) is 3.94. The molecule has 0 N–H and O–H groups in total. The van der Waals surface area contributed by atoms with Gasteiger partial charge in [0, 0.05) is 28.9 Å². The molecule has 0 amide bonds. The topological polar surface area (TPSA) is 28.0 Å². The van der Waals surface area contributed by atoms with E-state index in [0.29, 0.717) is 0 Å². The molecule has 1 heterocycles. The summed E-state index contributed by atoms with van der Waals surface area (Å²) in [5.74, 6) is 0. The van der Waals surface area contributed by atoms with E-state index in [-0.39, 0.29) is 10.8 Å². The van der Waals surface area contributed by atoms with E-state index < -0.39 is 0 Å². The highest BCUT2D eigenvalue weighted by atomic mass is 15.2. The largest absolute Gasteiger partial charge is 0.311 e. The van der Waals surface area contributed by atoms with Gasteiger partial charge in [-0.15, -0.1) is 0 Å². The van der Waals surface area contributed by atoms with Gasteiger partial charge < -0.3 is 4.90 Å². The lowest BCUT2D eigenvalue weighted by Crippen LogP contribution is -2.25. The van der Waals surface area contributed by atoms with Crippen LogP contribution >= 0.6 is 0 Å². The van der Waals surface area contributed by atoms with E-state index in [1.807, 2.05) is 0 Å². The van der Waals surface area contributed by atoms with Crippen LogP contribution in [0.5, 0.6) is 0 Å². The first kappa shape index (κ1) is 43.4. The van der Waals surface area contributed by atoms with Crippen molar-refractivity contribution in [1.29, 1.82) is 0 Å². The summed E-state index contributed by atoms with van der Waals surface area (Å²) in [6.45, 7) is 11.4. The second-order valence-electron chi connectivity index (χ2n) is 18.9. The zero-order chi connectivity index (χ0) is 44.8. The van der Waals surface area contributed by atoms with Crippen molar-refractivity contribution in [3.63, 3.8) is 0 Å². The maximum atomic E-state index is 4.60. The molecule has 9 rings (SSSR count). The Kier molecular flexibility index (Phi) is 12.8. The fraction of sp³-hybridized carbons (Fsp3) is 0.226. The van der Waals surface area contributed by atoms with E-state index in [1.54, 1.807) is 0 Å². The summed E-state index contributed by atoms with van der Waals surface area (Å²) in [6, 6.07) is 62.1. The summed E-state index contributed by atoms with van der Waals surface area (Å²) in [5, 5.41) is 9.18. The molecule has 0 saturated heterocycles. The minimum absolute atomic E-state index is 0.0103. The zero-order valence-electron chi connectivity index (χ0n) is 38.8. The number of nitrogens with zero attached hydrogens (tertiary/aromatic N) is 3. The number of fused-ring (bicyclic) bond motifs is 3. The van der Waals surface area contributed by atoms with Gasteiger partial charge in [0.05, 0.1) is 11.4 Å². The van der Waals surface area contributed by atoms with Gasteiger partial charge in [0.2, 0.25) is 0 Å². The first-order chi connectivity index (χ1) is 31.7. The van der Waals surface area contributed by atoms with Crippen LogP contribution in [-0.2, 0) is 10.8 Å². The lowest BCUT2D eigenvalue weighted by Gasteiger charge is -2.33. The predicted octanol–water partition coefficient (Wildman–Crippen LogP) is 17.0. The molecule has 3 nitrogen and oxygen atoms in total. The molecule has 3 heteroatoms. The van der Waals surface area contributed by atoms with Crippen LogP contribution in [0.4, 0.5) is 17.1 Å². The van der Waals surface area contributed by atoms with Crippen molar-refractivity contribution in [3.8, 4) is 11.1 Å². The molecule has 0 aromatic heterocycles. The number of anilines is 3. The van der Waals surface area contributed by atoms with E-state index in [4.69, 9.17) is 0 Å². The predicted molar refractivity (Wildman–Crippen MR) is 280 cm³/mol. The molecule has 0 unspecified atom stereocenters. The van der Waals surface area contributed by atoms with Gasteiger partial charge in [-0.05, 0) is 116 Å². The standard InChI is InChI=1S/C62H61N3/c1-6-8-40-62(41-9-7-2)57-42-47(22-20-45-24-30-49(31-25-45)59-44-60(64-63-59)50-32-34-51(35-33-50)61(3,4)5)28-38-55(57)56-39-29-48(43-58(56)62)23-21-46-26-36-54(37-27-46)65(52-16-12-10-13-17-52)53-18-14-11-15-19-53/h10-39,42-43H,6-9,40-41,44H2,1-5H3/b22-20+,23-21+. The van der Waals surface area contributed by atoms with Crippen LogP contribution < -0.4 is 4.90 Å². The third-order valence-electron chi connectivity index (χ3n) is 13.4. The molecule has 2 aliphatic rings. The van der Waals surface area contributed by atoms with Crippen LogP contribution in [0.3, 0.4) is 0 Å². The Balaban J connectivity index is 0.931. The molecule has 0 atom stereocenters. The SMILES string of the molecule is CCCCC1(CCCC)c2cc(/C=C/c3ccc(C4=NN=C(c5ccc(C(C)(C)C)cc5)C4)cc3)ccc2-c2ccc(/C=C/c3ccc(N(c4ccccc4)c4ccccc4)cc3)cc21. The Hall–Kier alpha value is -6.84. The minimum atomic E-state index is -0.0103. The number of hydrogen-bond acceptors (Lipinski definition) is 3. The lowest BCUT2D eigenvalue weighted by atomic mass is 9.70. The Morgan fingerprint density at radius 3 is 1.32 bits per heavy atom. The van der Waals surface area contributed by atoms with Gasteiger partial charge in [-0.2, -0.15) is 10.2 Å². The van der Waals surface area contributed by atoms with Crippen LogP contribution in [0.1, 0.15) is 130 Å². The Bertz CT molecular complexity index is 2810. The van der Waals surface area contributed by atoms with Gasteiger partial charge in [-0.3, -0.25) is 0 Å². The van der Waals surface area contributed by atoms with Crippen LogP contribution in [0, 0.1) is 0 Å². The number of unbranched alkanes of at least 4 members (excludes halogenated alkanes) is 2. The molecular weight excluding hydrogens is 787 g/mol. The van der Waals surface area contributed by atoms with Crippen LogP contribution in [0.15, 0.2) is 180 Å². The van der Waals surface area contributed by atoms with E-state index in [1.165, 1.54) is 75.8 Å². The van der Waals surface area contributed by atoms with E-state index in [0.717, 1.165) is 58.9 Å². The van der Waals surface area contributed by atoms with Crippen LogP contribution in [-0.4, -0.2) is 11.4 Å². The summed E-state index contributed by atoms with van der Waals surface area (Å²) in [6.07, 6.45) is 16.9. The lowest BCUT2D eigenvalue weighted by molar-refractivity contribution is 0.414. The third-order valence-corrected chi connectivity index (χ3v) is 13.4. The fourth-order valence-electron chi connectivity index (χ4n) is 9.70. The number of rotatable bonds is 15. The number of para-hydroxylation sites is 2. The van der Waals surface area contributed by atoms with E-state index >= 15 is 0 Å². The fourth-order valence-corrected chi connectivity index (χ4v) is 9.70. The first-order valence-electron chi connectivity index (χ1n) is 23.7. The molecule has 0 bridgehead atoms. The Labute approximate surface area is 387 Å². The Morgan fingerprint density at radius 1 is 0.477 bits per heavy atom. The average molecular weight is 848 g/mol. The highest BCUT2D eigenvalue weighted by Crippen LogP contribution is 2.55. The number of benzene rings is 7. The van der Waals surface area contributed by atoms with Crippen LogP contribution in [0.2, 0.25) is 0 Å². The van der Waals surface area contributed by atoms with E-state index in [2.05, 4.69) is 244 Å². The van der Waals surface area contributed by atoms with Gasteiger partial charge in [-0.1, -0.05) is 218 Å². The second kappa shape index (κ2) is 19.1. The summed E-state index contributed by atoms with van der Waals surface area (Å²) in [5.41, 5.74) is 19.8. The maximum absolute atomic E-state index is 4.60. The molecule has 0 spiro atoms. The molecule has 65 heavy (non-hydrogen) atoms. The van der Waals surface area contributed by atoms with E-state index in [9.17, 15) is 0 Å². The van der Waals surface area contributed by atoms with Gasteiger partial charge in [0.25, 0.3) is 0 Å². The normalized spacial score (nSPS) is 14.1. The van der Waals surface area contributed by atoms with Gasteiger partial charge in [0.1, 0.15) is 0 Å². The molecule has 7 aromatic rings. The summed E-state index contributed by atoms with van der Waals surface area (Å²) < 4.78 is 0. The highest BCUT2D eigenvalue weighted by molar-refractivity contribution is 6.20. The molecule has 7 aromatic carbocycles. The molecule has 324 valence electrons. The summed E-state index contributed by atoms with van der Waals surface area (Å²) >= 11 is 0. The molecule has 0 radical (unpaired) electrons. The zero-order valence-corrected chi connectivity index (χ0v) is 38.8. The van der Waals surface area contributed by atoms with Gasteiger partial charge >= 0.3 is 0 Å². The maximum Gasteiger partial charge on any atom is 0.0763 e. The van der Waals surface area contributed by atoms with Crippen LogP contribution in [0.25, 0.3) is 35.4 Å². The third kappa shape index (κ3) is 9.38. The van der Waals surface area contributed by atoms with Crippen molar-refractivity contribution in [2.24, 2.45) is 10.2 Å². The first-order valence-corrected chi connectivity index (χ1v) is 23.7. The molecule has 0 fully saturated rings. The smallest absolute Gasteiger partial charge is 0.0763 e. The van der Waals surface area contributed by atoms with Crippen molar-refractivity contribution >= 4 is 52.8 Å². The van der Waals surface area contributed by atoms with Gasteiger partial charge in [-0.25, -0.2) is 0 Å². The van der Waals surface area contributed by atoms with Crippen molar-refractivity contribution in [3.05, 3.63) is 220 Å². The van der Waals surface area contributed by atoms with Gasteiger partial charge in [0.15, 0.2) is 0 Å². The molecule has 1 aliphatic heterocycles. The van der Waals surface area contributed by atoms with Crippen molar-refractivity contribution in [1.82, 2.24) is 0 Å². The molecular formula is C62H61N3. The summed E-state index contributed by atoms with van der Waals surface area (Å²) in [7, 11) is 0. The van der Waals surface area contributed by atoms with Crippen molar-refractivity contribution < 1.29 is 0 Å². The van der Waals surface area contributed by atoms with Crippen molar-refractivity contribution in [2.75, 3.05) is 4.90 Å². The Morgan fingerprint density at radius 2 is 0.877 bits per heavy atom. The molecule has 0 saturated carbocycles. The van der Waals surface area contributed by atoms with Crippen molar-refractivity contribution in [2.45, 2.75) is 90.4 Å². The number of hydrogen-bond donors (Lipinski definition) is 0. The monoisotopic (exact) mass is 847 g/mol. The highest BCUT2D eigenvalue weighted by Gasteiger charge is 2.42. The summed E-state index contributed by atoms with van der Waals surface area (Å²) in [4.78, 5) is 2.31. The molecule has 1 aliphatic carbocycles. The quantitative estimate of drug-likeness (QED) is 0.0945.